The van der Waals surface area contributed by atoms with E-state index in [1.54, 1.807) is 0 Å². The van der Waals surface area contributed by atoms with Crippen molar-refractivity contribution in [3.63, 3.8) is 0 Å². The number of rotatable bonds is 5. The summed E-state index contributed by atoms with van der Waals surface area (Å²) >= 11 is 0. The lowest BCUT2D eigenvalue weighted by atomic mass is 10.1. The summed E-state index contributed by atoms with van der Waals surface area (Å²) < 4.78 is 0. The van der Waals surface area contributed by atoms with Gasteiger partial charge in [0.1, 0.15) is 5.69 Å². The van der Waals surface area contributed by atoms with Crippen LogP contribution >= 0.6 is 0 Å². The van der Waals surface area contributed by atoms with Crippen molar-refractivity contribution in [2.24, 2.45) is 5.73 Å². The van der Waals surface area contributed by atoms with Crippen molar-refractivity contribution in [1.82, 2.24) is 10.3 Å². The topological polar surface area (TPSA) is 114 Å². The maximum atomic E-state index is 11.8. The van der Waals surface area contributed by atoms with Crippen molar-refractivity contribution >= 4 is 11.6 Å². The maximum absolute atomic E-state index is 11.8. The smallest absolute Gasteiger partial charge is 0.287 e. The Labute approximate surface area is 114 Å². The molecule has 0 aliphatic rings. The fourth-order valence-electron chi connectivity index (χ4n) is 1.74. The first-order valence-corrected chi connectivity index (χ1v) is 5.99. The van der Waals surface area contributed by atoms with Gasteiger partial charge in [0.25, 0.3) is 11.6 Å². The largest absolute Gasteiger partial charge is 0.351 e. The lowest BCUT2D eigenvalue weighted by Gasteiger charge is -2.12. The minimum Gasteiger partial charge on any atom is -0.351 e. The van der Waals surface area contributed by atoms with Gasteiger partial charge in [-0.05, 0) is 5.56 Å². The highest BCUT2D eigenvalue weighted by atomic mass is 16.6. The summed E-state index contributed by atoms with van der Waals surface area (Å²) in [5.41, 5.74) is 6.83. The van der Waals surface area contributed by atoms with Gasteiger partial charge in [-0.2, -0.15) is 0 Å². The van der Waals surface area contributed by atoms with Crippen LogP contribution in [0.5, 0.6) is 0 Å². The van der Waals surface area contributed by atoms with Gasteiger partial charge in [0, 0.05) is 18.7 Å². The van der Waals surface area contributed by atoms with Crippen LogP contribution in [0.4, 0.5) is 5.69 Å². The Morgan fingerprint density at radius 2 is 2.10 bits per heavy atom. The van der Waals surface area contributed by atoms with Crippen molar-refractivity contribution in [2.75, 3.05) is 6.54 Å². The van der Waals surface area contributed by atoms with E-state index < -0.39 is 10.8 Å². The monoisotopic (exact) mass is 274 g/mol. The summed E-state index contributed by atoms with van der Waals surface area (Å²) in [5.74, 6) is -0.426. The quantitative estimate of drug-likeness (QED) is 0.564. The Morgan fingerprint density at radius 3 is 2.70 bits per heavy atom. The van der Waals surface area contributed by atoms with E-state index in [0.29, 0.717) is 0 Å². The SMILES string of the molecule is NC(CNC(=O)c1cc([N+](=O)[O-])c[nH]1)c1ccccc1. The molecule has 1 atom stereocenters. The molecule has 1 amide bonds. The van der Waals surface area contributed by atoms with Gasteiger partial charge >= 0.3 is 0 Å². The molecule has 1 heterocycles. The first-order valence-electron chi connectivity index (χ1n) is 5.99. The van der Waals surface area contributed by atoms with E-state index in [0.717, 1.165) is 5.56 Å². The third-order valence-corrected chi connectivity index (χ3v) is 2.83. The Morgan fingerprint density at radius 1 is 1.40 bits per heavy atom. The maximum Gasteiger partial charge on any atom is 0.287 e. The third-order valence-electron chi connectivity index (χ3n) is 2.83. The summed E-state index contributed by atoms with van der Waals surface area (Å²) in [4.78, 5) is 24.3. The van der Waals surface area contributed by atoms with Crippen LogP contribution in [-0.2, 0) is 0 Å². The number of nitro groups is 1. The number of carbonyl (C=O) groups is 1. The van der Waals surface area contributed by atoms with Gasteiger partial charge in [-0.1, -0.05) is 30.3 Å². The molecule has 0 aliphatic heterocycles. The molecule has 2 aromatic rings. The number of nitrogens with two attached hydrogens (primary N) is 1. The number of hydrogen-bond acceptors (Lipinski definition) is 4. The zero-order valence-electron chi connectivity index (χ0n) is 10.6. The summed E-state index contributed by atoms with van der Waals surface area (Å²) in [6.45, 7) is 0.246. The second kappa shape index (κ2) is 5.98. The van der Waals surface area contributed by atoms with Crippen molar-refractivity contribution in [3.8, 4) is 0 Å². The van der Waals surface area contributed by atoms with Gasteiger partial charge in [-0.3, -0.25) is 14.9 Å². The van der Waals surface area contributed by atoms with E-state index in [9.17, 15) is 14.9 Å². The number of nitrogens with one attached hydrogen (secondary N) is 2. The standard InChI is InChI=1S/C13H14N4O3/c14-11(9-4-2-1-3-5-9)8-16-13(18)12-6-10(7-15-12)17(19)20/h1-7,11,15H,8,14H2,(H,16,18). The van der Waals surface area contributed by atoms with Crippen LogP contribution in [-0.4, -0.2) is 22.4 Å². The summed E-state index contributed by atoms with van der Waals surface area (Å²) in [5, 5.41) is 13.2. The van der Waals surface area contributed by atoms with Crippen molar-refractivity contribution in [1.29, 1.82) is 0 Å². The van der Waals surface area contributed by atoms with Gasteiger partial charge in [0.05, 0.1) is 11.1 Å². The van der Waals surface area contributed by atoms with Crippen LogP contribution in [0.1, 0.15) is 22.1 Å². The Hall–Kier alpha value is -2.67. The molecule has 4 N–H and O–H groups in total. The minimum absolute atomic E-state index is 0.136. The van der Waals surface area contributed by atoms with Crippen LogP contribution in [0.3, 0.4) is 0 Å². The molecule has 0 saturated heterocycles. The van der Waals surface area contributed by atoms with E-state index in [1.807, 2.05) is 30.3 Å². The van der Waals surface area contributed by atoms with Crippen LogP contribution in [0, 0.1) is 10.1 Å². The van der Waals surface area contributed by atoms with Gasteiger partial charge in [0.2, 0.25) is 0 Å². The highest BCUT2D eigenvalue weighted by Crippen LogP contribution is 2.12. The average Bonchev–Trinajstić information content (AvgIpc) is 2.95. The van der Waals surface area contributed by atoms with Crippen molar-refractivity contribution in [3.05, 3.63) is 64.0 Å². The van der Waals surface area contributed by atoms with Gasteiger partial charge in [-0.25, -0.2) is 0 Å². The fourth-order valence-corrected chi connectivity index (χ4v) is 1.74. The molecular weight excluding hydrogens is 260 g/mol. The second-order valence-corrected chi connectivity index (χ2v) is 4.26. The molecule has 0 radical (unpaired) electrons. The average molecular weight is 274 g/mol. The van der Waals surface area contributed by atoms with Crippen LogP contribution in [0.2, 0.25) is 0 Å². The molecule has 1 aromatic carbocycles. The van der Waals surface area contributed by atoms with E-state index >= 15 is 0 Å². The van der Waals surface area contributed by atoms with Crippen molar-refractivity contribution in [2.45, 2.75) is 6.04 Å². The molecule has 0 fully saturated rings. The zero-order valence-corrected chi connectivity index (χ0v) is 10.6. The van der Waals surface area contributed by atoms with Gasteiger partial charge in [0.15, 0.2) is 0 Å². The molecule has 7 heteroatoms. The lowest BCUT2D eigenvalue weighted by Crippen LogP contribution is -2.32. The zero-order chi connectivity index (χ0) is 14.5. The molecule has 1 unspecified atom stereocenters. The number of aromatic amines is 1. The lowest BCUT2D eigenvalue weighted by molar-refractivity contribution is -0.384. The third kappa shape index (κ3) is 3.21. The van der Waals surface area contributed by atoms with Crippen LogP contribution in [0.15, 0.2) is 42.6 Å². The first kappa shape index (κ1) is 13.8. The second-order valence-electron chi connectivity index (χ2n) is 4.26. The Balaban J connectivity index is 1.93. The predicted molar refractivity (Wildman–Crippen MR) is 73.2 cm³/mol. The number of H-pyrrole nitrogens is 1. The summed E-state index contributed by atoms with van der Waals surface area (Å²) in [6.07, 6.45) is 1.17. The Bertz CT molecular complexity index is 609. The molecule has 0 saturated carbocycles. The summed E-state index contributed by atoms with van der Waals surface area (Å²) in [7, 11) is 0. The van der Waals surface area contributed by atoms with Crippen molar-refractivity contribution < 1.29 is 9.72 Å². The molecule has 2 rings (SSSR count). The number of amides is 1. The number of carbonyl (C=O) groups excluding carboxylic acids is 1. The minimum atomic E-state index is -0.566. The molecule has 7 nitrogen and oxygen atoms in total. The first-order chi connectivity index (χ1) is 9.58. The highest BCUT2D eigenvalue weighted by Gasteiger charge is 2.15. The number of hydrogen-bond donors (Lipinski definition) is 3. The van der Waals surface area contributed by atoms with Gasteiger partial charge < -0.3 is 16.0 Å². The van der Waals surface area contributed by atoms with Crippen LogP contribution < -0.4 is 11.1 Å². The van der Waals surface area contributed by atoms with E-state index in [-0.39, 0.29) is 24.0 Å². The molecule has 104 valence electrons. The van der Waals surface area contributed by atoms with E-state index in [2.05, 4.69) is 10.3 Å². The fraction of sp³-hybridized carbons (Fsp3) is 0.154. The molecule has 20 heavy (non-hydrogen) atoms. The number of aromatic nitrogens is 1. The summed E-state index contributed by atoms with van der Waals surface area (Å²) in [6, 6.07) is 10.2. The molecule has 1 aromatic heterocycles. The van der Waals surface area contributed by atoms with Crippen LogP contribution in [0.25, 0.3) is 0 Å². The van der Waals surface area contributed by atoms with E-state index in [1.165, 1.54) is 12.3 Å². The van der Waals surface area contributed by atoms with E-state index in [4.69, 9.17) is 5.73 Å². The normalized spacial score (nSPS) is 11.8. The number of nitrogens with zero attached hydrogens (tertiary/aromatic N) is 1. The molecule has 0 bridgehead atoms. The predicted octanol–water partition coefficient (Wildman–Crippen LogP) is 1.35. The van der Waals surface area contributed by atoms with Gasteiger partial charge in [-0.15, -0.1) is 0 Å². The Kier molecular flexibility index (Phi) is 4.11. The highest BCUT2D eigenvalue weighted by molar-refractivity contribution is 5.93. The molecule has 0 aliphatic carbocycles. The molecule has 0 spiro atoms. The molecular formula is C13H14N4O3. The number of benzene rings is 1.